The summed E-state index contributed by atoms with van der Waals surface area (Å²) in [6.45, 7) is 9.78. The van der Waals surface area contributed by atoms with E-state index in [9.17, 15) is 45.5 Å². The van der Waals surface area contributed by atoms with Gasteiger partial charge in [0.05, 0.1) is 18.2 Å². The van der Waals surface area contributed by atoms with Crippen LogP contribution < -0.4 is 10.6 Å². The van der Waals surface area contributed by atoms with E-state index in [1.54, 1.807) is 41.5 Å². The van der Waals surface area contributed by atoms with E-state index in [4.69, 9.17) is 14.6 Å². The number of amides is 2. The lowest BCUT2D eigenvalue weighted by molar-refractivity contribution is -0.143. The molecule has 0 saturated heterocycles. The number of alkyl halides is 6. The average Bonchev–Trinajstić information content (AvgIpc) is 2.89. The molecule has 0 unspecified atom stereocenters. The van der Waals surface area contributed by atoms with E-state index in [2.05, 4.69) is 25.3 Å². The molecule has 2 atom stereocenters. The van der Waals surface area contributed by atoms with Crippen LogP contribution in [0.3, 0.4) is 0 Å². The standard InChI is InChI=1S/C15H19F3N2O4.C14H17F3N2O4/c1-14(2,3)24-13(22)20-11(12(21)23-4)7-10-6-5-9(8-19-10)15(16,17)18;1-13(2,3)23-12(22)19-10(11(20)21)6-9-5-4-8(7-18-9)14(15,16)17/h5-6,8,11H,7H2,1-4H3,(H,20,22);4-5,7,10H,6H2,1-3H3,(H,19,22)(H,20,21)/t11-;10-/m11/s1. The smallest absolute Gasteiger partial charge is 0.417 e. The summed E-state index contributed by atoms with van der Waals surface area (Å²) in [5.74, 6) is -2.11. The molecule has 3 N–H and O–H groups in total. The van der Waals surface area contributed by atoms with Gasteiger partial charge >= 0.3 is 36.5 Å². The molecule has 0 aliphatic carbocycles. The molecule has 47 heavy (non-hydrogen) atoms. The Bertz CT molecular complexity index is 1350. The van der Waals surface area contributed by atoms with Crippen molar-refractivity contribution in [3.63, 3.8) is 0 Å². The Morgan fingerprint density at radius 2 is 1.06 bits per heavy atom. The monoisotopic (exact) mass is 682 g/mol. The summed E-state index contributed by atoms with van der Waals surface area (Å²) < 4.78 is 89.4. The van der Waals surface area contributed by atoms with Gasteiger partial charge < -0.3 is 30.0 Å². The third-order valence-electron chi connectivity index (χ3n) is 5.30. The Balaban J connectivity index is 0.000000470. The molecule has 2 aromatic heterocycles. The molecular weight excluding hydrogens is 646 g/mol. The van der Waals surface area contributed by atoms with E-state index in [0.717, 1.165) is 31.4 Å². The predicted molar refractivity (Wildman–Crippen MR) is 152 cm³/mol. The van der Waals surface area contributed by atoms with E-state index in [0.29, 0.717) is 12.4 Å². The van der Waals surface area contributed by atoms with Gasteiger partial charge in [0.15, 0.2) is 0 Å². The lowest BCUT2D eigenvalue weighted by atomic mass is 10.1. The number of rotatable bonds is 8. The molecule has 0 aliphatic heterocycles. The summed E-state index contributed by atoms with van der Waals surface area (Å²) in [7, 11) is 1.13. The molecule has 18 heteroatoms. The summed E-state index contributed by atoms with van der Waals surface area (Å²) in [5.41, 5.74) is -3.12. The number of aromatic nitrogens is 2. The maximum absolute atomic E-state index is 12.5. The van der Waals surface area contributed by atoms with E-state index in [1.807, 2.05) is 0 Å². The Labute approximate surface area is 266 Å². The molecule has 2 amide bonds. The number of pyridine rings is 2. The number of alkyl carbamates (subject to hydrolysis) is 2. The first-order valence-corrected chi connectivity index (χ1v) is 13.6. The molecule has 12 nitrogen and oxygen atoms in total. The van der Waals surface area contributed by atoms with Crippen LogP contribution in [0, 0.1) is 0 Å². The second-order valence-electron chi connectivity index (χ2n) is 11.7. The summed E-state index contributed by atoms with van der Waals surface area (Å²) in [6.07, 6.45) is -9.92. The van der Waals surface area contributed by atoms with Crippen molar-refractivity contribution in [1.29, 1.82) is 0 Å². The number of methoxy groups -OCH3 is 1. The Morgan fingerprint density at radius 3 is 1.34 bits per heavy atom. The second-order valence-corrected chi connectivity index (χ2v) is 11.7. The van der Waals surface area contributed by atoms with Crippen LogP contribution in [-0.4, -0.2) is 69.6 Å². The van der Waals surface area contributed by atoms with Gasteiger partial charge in [-0.05, 0) is 65.8 Å². The summed E-state index contributed by atoms with van der Waals surface area (Å²) in [6, 6.07) is 1.35. The molecular formula is C29H36F6N4O8. The van der Waals surface area contributed by atoms with Crippen LogP contribution in [-0.2, 0) is 49.0 Å². The van der Waals surface area contributed by atoms with Crippen LogP contribution in [0.25, 0.3) is 0 Å². The highest BCUT2D eigenvalue weighted by Crippen LogP contribution is 2.29. The van der Waals surface area contributed by atoms with Gasteiger partial charge in [0.2, 0.25) is 0 Å². The molecule has 2 heterocycles. The van der Waals surface area contributed by atoms with Crippen molar-refractivity contribution in [2.45, 2.75) is 90.0 Å². The Kier molecular flexibility index (Phi) is 14.0. The maximum Gasteiger partial charge on any atom is 0.417 e. The van der Waals surface area contributed by atoms with Gasteiger partial charge in [-0.15, -0.1) is 0 Å². The van der Waals surface area contributed by atoms with Crippen molar-refractivity contribution in [3.05, 3.63) is 59.2 Å². The minimum absolute atomic E-state index is 0.0986. The molecule has 2 rings (SSSR count). The van der Waals surface area contributed by atoms with E-state index in [-0.39, 0.29) is 24.2 Å². The van der Waals surface area contributed by atoms with Gasteiger partial charge in [0.1, 0.15) is 23.3 Å². The van der Waals surface area contributed by atoms with Gasteiger partial charge in [-0.1, -0.05) is 0 Å². The normalized spacial score (nSPS) is 13.2. The molecule has 0 fully saturated rings. The molecule has 0 bridgehead atoms. The first-order valence-electron chi connectivity index (χ1n) is 13.6. The molecule has 2 aromatic rings. The fourth-order valence-electron chi connectivity index (χ4n) is 3.28. The highest BCUT2D eigenvalue weighted by Gasteiger charge is 2.32. The topological polar surface area (TPSA) is 166 Å². The number of ether oxygens (including phenoxy) is 3. The zero-order valence-corrected chi connectivity index (χ0v) is 26.5. The number of esters is 1. The highest BCUT2D eigenvalue weighted by molar-refractivity contribution is 5.81. The van der Waals surface area contributed by atoms with Crippen molar-refractivity contribution in [2.24, 2.45) is 0 Å². The van der Waals surface area contributed by atoms with Gasteiger partial charge in [0.25, 0.3) is 0 Å². The number of hydrogen-bond acceptors (Lipinski definition) is 9. The summed E-state index contributed by atoms with van der Waals surface area (Å²) in [5, 5.41) is 13.6. The number of halogens is 6. The lowest BCUT2D eigenvalue weighted by Crippen LogP contribution is -2.45. The van der Waals surface area contributed by atoms with Crippen LogP contribution in [0.15, 0.2) is 36.7 Å². The minimum atomic E-state index is -4.52. The Morgan fingerprint density at radius 1 is 0.702 bits per heavy atom. The zero-order valence-electron chi connectivity index (χ0n) is 26.5. The van der Waals surface area contributed by atoms with Gasteiger partial charge in [-0.2, -0.15) is 26.3 Å². The third-order valence-corrected chi connectivity index (χ3v) is 5.30. The van der Waals surface area contributed by atoms with Gasteiger partial charge in [-0.3, -0.25) is 9.97 Å². The zero-order chi connectivity index (χ0) is 36.4. The largest absolute Gasteiger partial charge is 0.480 e. The predicted octanol–water partition coefficient (Wildman–Crippen LogP) is 5.33. The number of aliphatic carboxylic acids is 1. The number of nitrogens with zero attached hydrogens (tertiary/aromatic N) is 2. The van der Waals surface area contributed by atoms with Crippen molar-refractivity contribution in [2.75, 3.05) is 7.11 Å². The first-order chi connectivity index (χ1) is 21.3. The van der Waals surface area contributed by atoms with Crippen LogP contribution >= 0.6 is 0 Å². The fourth-order valence-corrected chi connectivity index (χ4v) is 3.28. The second kappa shape index (κ2) is 16.3. The first kappa shape index (κ1) is 40.4. The number of carbonyl (C=O) groups excluding carboxylic acids is 3. The van der Waals surface area contributed by atoms with Crippen LogP contribution in [0.1, 0.15) is 64.1 Å². The van der Waals surface area contributed by atoms with Gasteiger partial charge in [-0.25, -0.2) is 19.2 Å². The summed E-state index contributed by atoms with van der Waals surface area (Å²) in [4.78, 5) is 53.5. The SMILES string of the molecule is CC(C)(C)OC(=O)N[C@H](Cc1ccc(C(F)(F)F)cn1)C(=O)O.COC(=O)[C@@H](Cc1ccc(C(F)(F)F)cn1)NC(=O)OC(C)(C)C. The molecule has 0 aliphatic rings. The fraction of sp³-hybridized carbons (Fsp3) is 0.517. The van der Waals surface area contributed by atoms with Crippen LogP contribution in [0.5, 0.6) is 0 Å². The van der Waals surface area contributed by atoms with Gasteiger partial charge in [0, 0.05) is 36.6 Å². The summed E-state index contributed by atoms with van der Waals surface area (Å²) >= 11 is 0. The lowest BCUT2D eigenvalue weighted by Gasteiger charge is -2.22. The van der Waals surface area contributed by atoms with Crippen molar-refractivity contribution in [1.82, 2.24) is 20.6 Å². The number of carboxylic acids is 1. The highest BCUT2D eigenvalue weighted by atomic mass is 19.4. The van der Waals surface area contributed by atoms with E-state index >= 15 is 0 Å². The van der Waals surface area contributed by atoms with Crippen molar-refractivity contribution in [3.8, 4) is 0 Å². The minimum Gasteiger partial charge on any atom is -0.480 e. The van der Waals surface area contributed by atoms with E-state index in [1.165, 1.54) is 0 Å². The number of hydrogen-bond donors (Lipinski definition) is 3. The Hall–Kier alpha value is -4.64. The third kappa shape index (κ3) is 16.0. The van der Waals surface area contributed by atoms with Crippen LogP contribution in [0.4, 0.5) is 35.9 Å². The number of carbonyl (C=O) groups is 4. The molecule has 262 valence electrons. The number of nitrogens with one attached hydrogen (secondary N) is 2. The van der Waals surface area contributed by atoms with Crippen molar-refractivity contribution < 1.29 is 64.8 Å². The van der Waals surface area contributed by atoms with E-state index < -0.39 is 70.9 Å². The molecule has 0 radical (unpaired) electrons. The molecule has 0 saturated carbocycles. The number of carboxylic acid groups (broad SMARTS) is 1. The van der Waals surface area contributed by atoms with Crippen molar-refractivity contribution >= 4 is 24.1 Å². The maximum atomic E-state index is 12.5. The quantitative estimate of drug-likeness (QED) is 0.188. The average molecular weight is 683 g/mol. The van der Waals surface area contributed by atoms with Crippen LogP contribution in [0.2, 0.25) is 0 Å². The molecule has 0 aromatic carbocycles. The molecule has 0 spiro atoms.